The molecule has 0 bridgehead atoms. The summed E-state index contributed by atoms with van der Waals surface area (Å²) in [4.78, 5) is 13.6. The molecule has 2 rings (SSSR count). The molecule has 0 spiro atoms. The number of nitrogens with one attached hydrogen (secondary N) is 1. The molecule has 2 aliphatic rings. The normalized spacial score (nSPS) is 38.1. The molecule has 2 saturated heterocycles. The minimum Gasteiger partial charge on any atom is -0.368 e. The number of hydrogen-bond donors (Lipinski definition) is 2. The number of amides is 1. The fourth-order valence-corrected chi connectivity index (χ4v) is 3.68. The van der Waals surface area contributed by atoms with Crippen LogP contribution in [0.1, 0.15) is 13.3 Å². The van der Waals surface area contributed by atoms with Gasteiger partial charge in [-0.25, -0.2) is 0 Å². The van der Waals surface area contributed by atoms with Gasteiger partial charge in [0.1, 0.15) is 6.04 Å². The van der Waals surface area contributed by atoms with Crippen LogP contribution in [-0.2, 0) is 4.79 Å². The van der Waals surface area contributed by atoms with Gasteiger partial charge in [-0.2, -0.15) is 11.8 Å². The number of carbonyl (C=O) groups excluding carboxylic acids is 1. The molecule has 3 atom stereocenters. The van der Waals surface area contributed by atoms with Crippen LogP contribution < -0.4 is 11.1 Å². The van der Waals surface area contributed by atoms with Crippen molar-refractivity contribution in [2.24, 2.45) is 5.73 Å². The van der Waals surface area contributed by atoms with Crippen LogP contribution in [0.2, 0.25) is 0 Å². The van der Waals surface area contributed by atoms with E-state index in [1.165, 1.54) is 6.42 Å². The van der Waals surface area contributed by atoms with Crippen molar-refractivity contribution in [3.63, 3.8) is 0 Å². The van der Waals surface area contributed by atoms with E-state index < -0.39 is 0 Å². The fraction of sp³-hybridized carbons (Fsp3) is 0.900. The monoisotopic (exact) mass is 229 g/mol. The smallest absolute Gasteiger partial charge is 0.236 e. The van der Waals surface area contributed by atoms with E-state index in [1.807, 2.05) is 11.8 Å². The van der Waals surface area contributed by atoms with E-state index in [1.54, 1.807) is 0 Å². The highest BCUT2D eigenvalue weighted by atomic mass is 32.2. The van der Waals surface area contributed by atoms with Crippen molar-refractivity contribution >= 4 is 17.7 Å². The maximum absolute atomic E-state index is 11.3. The van der Waals surface area contributed by atoms with Gasteiger partial charge in [0.15, 0.2) is 0 Å². The number of carbonyl (C=O) groups is 1. The number of hydrogen-bond acceptors (Lipinski definition) is 4. The predicted molar refractivity (Wildman–Crippen MR) is 62.9 cm³/mol. The molecule has 5 heteroatoms. The molecule has 1 amide bonds. The Morgan fingerprint density at radius 2 is 2.40 bits per heavy atom. The van der Waals surface area contributed by atoms with Crippen molar-refractivity contribution in [2.75, 3.05) is 25.4 Å². The number of nitrogens with two attached hydrogens (primary N) is 1. The molecule has 0 aliphatic carbocycles. The quantitative estimate of drug-likeness (QED) is 0.679. The van der Waals surface area contributed by atoms with E-state index in [4.69, 9.17) is 5.73 Å². The lowest BCUT2D eigenvalue weighted by molar-refractivity contribution is -0.124. The second-order valence-electron chi connectivity index (χ2n) is 4.39. The van der Waals surface area contributed by atoms with E-state index in [2.05, 4.69) is 17.1 Å². The van der Waals surface area contributed by atoms with Crippen molar-refractivity contribution in [3.05, 3.63) is 0 Å². The average Bonchev–Trinajstić information content (AvgIpc) is 2.65. The first-order valence-corrected chi connectivity index (χ1v) is 6.60. The van der Waals surface area contributed by atoms with Crippen molar-refractivity contribution in [3.8, 4) is 0 Å². The highest BCUT2D eigenvalue weighted by Crippen LogP contribution is 2.30. The van der Waals surface area contributed by atoms with Crippen LogP contribution in [0.25, 0.3) is 0 Å². The van der Waals surface area contributed by atoms with Gasteiger partial charge < -0.3 is 11.1 Å². The van der Waals surface area contributed by atoms with Crippen LogP contribution in [0.15, 0.2) is 0 Å². The van der Waals surface area contributed by atoms with Gasteiger partial charge in [-0.3, -0.25) is 9.69 Å². The SMILES string of the molecule is CC1CC(N2CCNCC2C(N)=O)CS1. The summed E-state index contributed by atoms with van der Waals surface area (Å²) in [5, 5.41) is 3.95. The Bertz CT molecular complexity index is 249. The molecule has 3 unspecified atom stereocenters. The van der Waals surface area contributed by atoms with E-state index in [0.717, 1.165) is 24.1 Å². The van der Waals surface area contributed by atoms with E-state index in [-0.39, 0.29) is 11.9 Å². The summed E-state index contributed by atoms with van der Waals surface area (Å²) < 4.78 is 0. The minimum atomic E-state index is -0.188. The summed E-state index contributed by atoms with van der Waals surface area (Å²) in [6, 6.07) is 0.444. The van der Waals surface area contributed by atoms with Crippen LogP contribution in [0.3, 0.4) is 0 Å². The molecule has 0 aromatic rings. The van der Waals surface area contributed by atoms with Crippen LogP contribution in [0, 0.1) is 0 Å². The van der Waals surface area contributed by atoms with Crippen LogP contribution in [0.4, 0.5) is 0 Å². The number of nitrogens with zero attached hydrogens (tertiary/aromatic N) is 1. The van der Waals surface area contributed by atoms with Crippen molar-refractivity contribution in [1.82, 2.24) is 10.2 Å². The third-order valence-corrected chi connectivity index (χ3v) is 4.60. The van der Waals surface area contributed by atoms with Crippen LogP contribution in [-0.4, -0.2) is 53.5 Å². The van der Waals surface area contributed by atoms with Gasteiger partial charge in [0.05, 0.1) is 0 Å². The number of piperazine rings is 1. The molecule has 0 saturated carbocycles. The molecule has 0 aromatic carbocycles. The summed E-state index contributed by atoms with van der Waals surface area (Å²) in [6.45, 7) is 4.89. The molecular weight excluding hydrogens is 210 g/mol. The topological polar surface area (TPSA) is 58.4 Å². The molecule has 4 nitrogen and oxygen atoms in total. The maximum Gasteiger partial charge on any atom is 0.236 e. The third-order valence-electron chi connectivity index (χ3n) is 3.26. The molecule has 2 heterocycles. The Morgan fingerprint density at radius 3 is 3.00 bits per heavy atom. The zero-order valence-electron chi connectivity index (χ0n) is 9.11. The molecular formula is C10H19N3OS. The lowest BCUT2D eigenvalue weighted by Gasteiger charge is -2.38. The van der Waals surface area contributed by atoms with E-state index in [9.17, 15) is 4.79 Å². The lowest BCUT2D eigenvalue weighted by atomic mass is 10.1. The van der Waals surface area contributed by atoms with Gasteiger partial charge in [-0.1, -0.05) is 6.92 Å². The standard InChI is InChI=1S/C10H19N3OS/c1-7-4-8(6-15-7)13-3-2-12-5-9(13)10(11)14/h7-9,12H,2-6H2,1H3,(H2,11,14). The van der Waals surface area contributed by atoms with Crippen molar-refractivity contribution < 1.29 is 4.79 Å². The zero-order chi connectivity index (χ0) is 10.8. The van der Waals surface area contributed by atoms with E-state index in [0.29, 0.717) is 12.6 Å². The van der Waals surface area contributed by atoms with Crippen LogP contribution in [0.5, 0.6) is 0 Å². The highest BCUT2D eigenvalue weighted by molar-refractivity contribution is 8.00. The second kappa shape index (κ2) is 4.72. The minimum absolute atomic E-state index is 0.102. The van der Waals surface area contributed by atoms with Crippen LogP contribution >= 0.6 is 11.8 Å². The lowest BCUT2D eigenvalue weighted by Crippen LogP contribution is -2.60. The number of thioether (sulfide) groups is 1. The molecule has 0 aromatic heterocycles. The Hall–Kier alpha value is -0.260. The first kappa shape index (κ1) is 11.2. The van der Waals surface area contributed by atoms with Gasteiger partial charge in [0.2, 0.25) is 5.91 Å². The predicted octanol–water partition coefficient (Wildman–Crippen LogP) is -0.360. The third kappa shape index (κ3) is 2.46. The molecule has 0 radical (unpaired) electrons. The maximum atomic E-state index is 11.3. The van der Waals surface area contributed by atoms with Gasteiger partial charge in [0, 0.05) is 36.7 Å². The second-order valence-corrected chi connectivity index (χ2v) is 5.86. The summed E-state index contributed by atoms with van der Waals surface area (Å²) >= 11 is 2.00. The first-order valence-electron chi connectivity index (χ1n) is 5.56. The van der Waals surface area contributed by atoms with Crippen molar-refractivity contribution in [2.45, 2.75) is 30.7 Å². The summed E-state index contributed by atoms with van der Waals surface area (Å²) in [5.74, 6) is 0.956. The highest BCUT2D eigenvalue weighted by Gasteiger charge is 2.35. The Balaban J connectivity index is 2.01. The summed E-state index contributed by atoms with van der Waals surface area (Å²) in [7, 11) is 0. The molecule has 15 heavy (non-hydrogen) atoms. The van der Waals surface area contributed by atoms with E-state index >= 15 is 0 Å². The largest absolute Gasteiger partial charge is 0.368 e. The van der Waals surface area contributed by atoms with Gasteiger partial charge in [-0.05, 0) is 6.42 Å². The fourth-order valence-electron chi connectivity index (χ4n) is 2.45. The Kier molecular flexibility index (Phi) is 3.53. The number of rotatable bonds is 2. The molecule has 2 fully saturated rings. The number of primary amides is 1. The van der Waals surface area contributed by atoms with Gasteiger partial charge >= 0.3 is 0 Å². The van der Waals surface area contributed by atoms with Gasteiger partial charge in [-0.15, -0.1) is 0 Å². The van der Waals surface area contributed by atoms with Gasteiger partial charge in [0.25, 0.3) is 0 Å². The molecule has 3 N–H and O–H groups in total. The molecule has 2 aliphatic heterocycles. The average molecular weight is 229 g/mol. The van der Waals surface area contributed by atoms with Crippen molar-refractivity contribution in [1.29, 1.82) is 0 Å². The molecule has 86 valence electrons. The Morgan fingerprint density at radius 1 is 1.60 bits per heavy atom. The zero-order valence-corrected chi connectivity index (χ0v) is 9.93. The first-order chi connectivity index (χ1) is 7.18. The summed E-state index contributed by atoms with van der Waals surface area (Å²) in [5.41, 5.74) is 5.43. The Labute approximate surface area is 94.9 Å². The summed E-state index contributed by atoms with van der Waals surface area (Å²) in [6.07, 6.45) is 1.19.